The van der Waals surface area contributed by atoms with Gasteiger partial charge in [-0.2, -0.15) is 0 Å². The minimum Gasteiger partial charge on any atom is -0.496 e. The molecule has 2 amide bonds. The Balaban J connectivity index is 1.44. The van der Waals surface area contributed by atoms with E-state index in [4.69, 9.17) is 9.47 Å². The number of rotatable bonds is 7. The molecule has 5 rings (SSSR count). The van der Waals surface area contributed by atoms with Crippen molar-refractivity contribution in [2.45, 2.75) is 44.3 Å². The molecule has 3 atom stereocenters. The zero-order valence-electron chi connectivity index (χ0n) is 20.8. The Morgan fingerprint density at radius 2 is 1.95 bits per heavy atom. The highest BCUT2D eigenvalue weighted by molar-refractivity contribution is 6.02. The highest BCUT2D eigenvalue weighted by Crippen LogP contribution is 2.36. The number of aromatic amines is 1. The molecule has 1 saturated carbocycles. The van der Waals surface area contributed by atoms with Crippen LogP contribution in [0.1, 0.15) is 53.3 Å². The predicted molar refractivity (Wildman–Crippen MR) is 135 cm³/mol. The van der Waals surface area contributed by atoms with Crippen molar-refractivity contribution in [3.63, 3.8) is 0 Å². The van der Waals surface area contributed by atoms with Crippen LogP contribution < -0.4 is 10.1 Å². The van der Waals surface area contributed by atoms with Crippen LogP contribution >= 0.6 is 0 Å². The third-order valence-electron chi connectivity index (χ3n) is 7.34. The standard InChI is InChI=1S/C28H29N3O6/c1-36-24-12-6-10-20-19(24)14-21(29-20)27(34)31-15-17-7-3-4-9-18(17)25(31)26(33)30-22(28(35)37-2)13-16-8-5-11-23(16)32/h3-4,6-7,9-10,12,14,16,22,25,29H,5,8,11,13,15H2,1-2H3,(H,30,33)/t16-,22-,25?/m0/s1. The molecule has 1 aromatic heterocycles. The molecular formula is C28H29N3O6. The number of aromatic nitrogens is 1. The molecule has 1 aliphatic carbocycles. The number of hydrogen-bond acceptors (Lipinski definition) is 6. The number of methoxy groups -OCH3 is 2. The summed E-state index contributed by atoms with van der Waals surface area (Å²) < 4.78 is 10.3. The van der Waals surface area contributed by atoms with Crippen LogP contribution in [0.15, 0.2) is 48.5 Å². The number of ketones is 1. The van der Waals surface area contributed by atoms with Crippen LogP contribution in [0.4, 0.5) is 0 Å². The molecule has 9 nitrogen and oxygen atoms in total. The van der Waals surface area contributed by atoms with Gasteiger partial charge in [0.05, 0.1) is 14.2 Å². The van der Waals surface area contributed by atoms with Crippen LogP contribution in [-0.4, -0.2) is 53.7 Å². The van der Waals surface area contributed by atoms with E-state index >= 15 is 0 Å². The number of hydrogen-bond donors (Lipinski definition) is 2. The fraction of sp³-hybridized carbons (Fsp3) is 0.357. The van der Waals surface area contributed by atoms with Gasteiger partial charge in [-0.15, -0.1) is 0 Å². The molecule has 2 N–H and O–H groups in total. The van der Waals surface area contributed by atoms with Gasteiger partial charge in [-0.1, -0.05) is 30.3 Å². The van der Waals surface area contributed by atoms with Crippen molar-refractivity contribution in [1.82, 2.24) is 15.2 Å². The third-order valence-corrected chi connectivity index (χ3v) is 7.34. The van der Waals surface area contributed by atoms with Gasteiger partial charge < -0.3 is 24.7 Å². The van der Waals surface area contributed by atoms with Crippen molar-refractivity contribution >= 4 is 34.5 Å². The van der Waals surface area contributed by atoms with Crippen molar-refractivity contribution in [3.8, 4) is 5.75 Å². The average Bonchev–Trinajstić information content (AvgIpc) is 3.63. The van der Waals surface area contributed by atoms with E-state index in [1.807, 2.05) is 42.5 Å². The van der Waals surface area contributed by atoms with Gasteiger partial charge in [0, 0.05) is 29.8 Å². The third kappa shape index (κ3) is 4.57. The number of fused-ring (bicyclic) bond motifs is 2. The zero-order valence-corrected chi connectivity index (χ0v) is 20.8. The second kappa shape index (κ2) is 10.1. The molecule has 192 valence electrons. The number of benzene rings is 2. The van der Waals surface area contributed by atoms with Crippen molar-refractivity contribution in [2.24, 2.45) is 5.92 Å². The number of amides is 2. The molecule has 0 radical (unpaired) electrons. The normalized spacial score (nSPS) is 19.5. The van der Waals surface area contributed by atoms with E-state index in [9.17, 15) is 19.2 Å². The van der Waals surface area contributed by atoms with E-state index in [1.54, 1.807) is 13.2 Å². The van der Waals surface area contributed by atoms with Crippen molar-refractivity contribution < 1.29 is 28.7 Å². The van der Waals surface area contributed by atoms with Crippen LogP contribution in [0, 0.1) is 5.92 Å². The average molecular weight is 504 g/mol. The number of nitrogens with one attached hydrogen (secondary N) is 2. The summed E-state index contributed by atoms with van der Waals surface area (Å²) in [6.07, 6.45) is 2.13. The van der Waals surface area contributed by atoms with Gasteiger partial charge in [0.15, 0.2) is 0 Å². The number of ether oxygens (including phenoxy) is 2. The molecule has 0 bridgehead atoms. The van der Waals surface area contributed by atoms with Crippen molar-refractivity contribution in [1.29, 1.82) is 0 Å². The number of esters is 1. The first-order valence-electron chi connectivity index (χ1n) is 12.4. The second-order valence-corrected chi connectivity index (χ2v) is 9.51. The van der Waals surface area contributed by atoms with Gasteiger partial charge in [-0.3, -0.25) is 14.4 Å². The molecule has 1 aliphatic heterocycles. The first-order chi connectivity index (χ1) is 17.9. The smallest absolute Gasteiger partial charge is 0.328 e. The van der Waals surface area contributed by atoms with E-state index in [0.29, 0.717) is 29.8 Å². The summed E-state index contributed by atoms with van der Waals surface area (Å²) in [5.74, 6) is -1.02. The van der Waals surface area contributed by atoms with Gasteiger partial charge >= 0.3 is 5.97 Å². The van der Waals surface area contributed by atoms with Crippen LogP contribution in [0.3, 0.4) is 0 Å². The molecule has 0 saturated heterocycles. The lowest BCUT2D eigenvalue weighted by atomic mass is 9.96. The highest BCUT2D eigenvalue weighted by atomic mass is 16.5. The predicted octanol–water partition coefficient (Wildman–Crippen LogP) is 3.29. The summed E-state index contributed by atoms with van der Waals surface area (Å²) >= 11 is 0. The number of carbonyl (C=O) groups is 4. The first kappa shape index (κ1) is 24.5. The summed E-state index contributed by atoms with van der Waals surface area (Å²) in [5, 5.41) is 3.55. The Morgan fingerprint density at radius 3 is 2.68 bits per heavy atom. The van der Waals surface area contributed by atoms with E-state index in [1.165, 1.54) is 12.0 Å². The SMILES string of the molecule is COC(=O)[C@H](C[C@@H]1CCCC1=O)NC(=O)C1c2ccccc2CN1C(=O)c1cc2c(OC)cccc2[nH]1. The fourth-order valence-electron chi connectivity index (χ4n) is 5.46. The summed E-state index contributed by atoms with van der Waals surface area (Å²) in [5.41, 5.74) is 2.62. The van der Waals surface area contributed by atoms with E-state index in [-0.39, 0.29) is 30.6 Å². The monoisotopic (exact) mass is 503 g/mol. The minimum absolute atomic E-state index is 0.0976. The van der Waals surface area contributed by atoms with Crippen molar-refractivity contribution in [2.75, 3.05) is 14.2 Å². The summed E-state index contributed by atoms with van der Waals surface area (Å²) in [6, 6.07) is 12.7. The quantitative estimate of drug-likeness (QED) is 0.478. The minimum atomic E-state index is -0.980. The molecule has 2 aromatic carbocycles. The number of nitrogens with zero attached hydrogens (tertiary/aromatic N) is 1. The Labute approximate surface area is 214 Å². The fourth-order valence-corrected chi connectivity index (χ4v) is 5.46. The summed E-state index contributed by atoms with van der Waals surface area (Å²) in [6.45, 7) is 0.240. The van der Waals surface area contributed by atoms with Crippen molar-refractivity contribution in [3.05, 3.63) is 65.4 Å². The van der Waals surface area contributed by atoms with Gasteiger partial charge in [0.2, 0.25) is 5.91 Å². The summed E-state index contributed by atoms with van der Waals surface area (Å²) in [7, 11) is 2.82. The summed E-state index contributed by atoms with van der Waals surface area (Å²) in [4.78, 5) is 56.8. The largest absolute Gasteiger partial charge is 0.496 e. The Bertz CT molecular complexity index is 1380. The van der Waals surface area contributed by atoms with E-state index in [0.717, 1.165) is 22.9 Å². The topological polar surface area (TPSA) is 118 Å². The molecule has 1 unspecified atom stereocenters. The molecule has 0 spiro atoms. The maximum atomic E-state index is 13.7. The molecular weight excluding hydrogens is 474 g/mol. The zero-order chi connectivity index (χ0) is 26.1. The maximum Gasteiger partial charge on any atom is 0.328 e. The molecule has 1 fully saturated rings. The van der Waals surface area contributed by atoms with Gasteiger partial charge in [0.1, 0.15) is 29.3 Å². The Kier molecular flexibility index (Phi) is 6.69. The van der Waals surface area contributed by atoms with E-state index in [2.05, 4.69) is 10.3 Å². The molecule has 2 aliphatic rings. The van der Waals surface area contributed by atoms with Crippen LogP contribution in [0.2, 0.25) is 0 Å². The Morgan fingerprint density at radius 1 is 1.14 bits per heavy atom. The number of Topliss-reactive ketones (excluding diaryl/α,β-unsaturated/α-hetero) is 1. The van der Waals surface area contributed by atoms with Gasteiger partial charge in [0.25, 0.3) is 5.91 Å². The number of carbonyl (C=O) groups excluding carboxylic acids is 4. The van der Waals surface area contributed by atoms with Crippen LogP contribution in [-0.2, 0) is 25.7 Å². The molecule has 2 heterocycles. The lowest BCUT2D eigenvalue weighted by Gasteiger charge is -2.27. The van der Waals surface area contributed by atoms with Gasteiger partial charge in [-0.05, 0) is 48.6 Å². The van der Waals surface area contributed by atoms with Gasteiger partial charge in [-0.25, -0.2) is 4.79 Å². The number of H-pyrrole nitrogens is 1. The second-order valence-electron chi connectivity index (χ2n) is 9.51. The lowest BCUT2D eigenvalue weighted by molar-refractivity contribution is -0.146. The maximum absolute atomic E-state index is 13.7. The Hall–Kier alpha value is -4.14. The first-order valence-corrected chi connectivity index (χ1v) is 12.4. The van der Waals surface area contributed by atoms with Crippen LogP contribution in [0.25, 0.3) is 10.9 Å². The van der Waals surface area contributed by atoms with E-state index < -0.39 is 24.0 Å². The molecule has 9 heteroatoms. The van der Waals surface area contributed by atoms with Crippen LogP contribution in [0.5, 0.6) is 5.75 Å². The molecule has 37 heavy (non-hydrogen) atoms. The lowest BCUT2D eigenvalue weighted by Crippen LogP contribution is -2.48. The highest BCUT2D eigenvalue weighted by Gasteiger charge is 2.41. The molecule has 3 aromatic rings.